The summed E-state index contributed by atoms with van der Waals surface area (Å²) in [6.07, 6.45) is 14.1. The molecule has 6 N–H and O–H groups in total. The third-order valence-electron chi connectivity index (χ3n) is 13.2. The molecule has 4 heterocycles. The van der Waals surface area contributed by atoms with Gasteiger partial charge in [0.05, 0.1) is 13.5 Å². The molecule has 1 aromatic rings. The van der Waals surface area contributed by atoms with E-state index in [1.807, 2.05) is 0 Å². The quantitative estimate of drug-likeness (QED) is 0.233. The van der Waals surface area contributed by atoms with Gasteiger partial charge in [-0.25, -0.2) is 4.98 Å². The number of nitrogens with one attached hydrogen (secondary N) is 6. The Morgan fingerprint density at radius 1 is 0.826 bits per heavy atom. The van der Waals surface area contributed by atoms with Crippen LogP contribution in [0, 0.1) is 41.4 Å². The molecular formula is C36H60BN7O2. The van der Waals surface area contributed by atoms with Crippen LogP contribution >= 0.6 is 0 Å². The van der Waals surface area contributed by atoms with Crippen LogP contribution in [0.2, 0.25) is 0 Å². The number of rotatable bonds is 9. The maximum atomic E-state index is 13.2. The number of H-pyrrole nitrogens is 1. The van der Waals surface area contributed by atoms with E-state index in [9.17, 15) is 9.59 Å². The van der Waals surface area contributed by atoms with Gasteiger partial charge < -0.3 is 31.6 Å². The first-order valence-electron chi connectivity index (χ1n) is 18.0. The first-order chi connectivity index (χ1) is 21.4. The highest BCUT2D eigenvalue weighted by molar-refractivity contribution is 6.10. The van der Waals surface area contributed by atoms with Gasteiger partial charge in [-0.15, -0.1) is 0 Å². The number of carbonyl (C=O) groups is 2. The lowest BCUT2D eigenvalue weighted by Gasteiger charge is -2.21. The van der Waals surface area contributed by atoms with E-state index in [4.69, 9.17) is 12.8 Å². The third-order valence-corrected chi connectivity index (χ3v) is 13.2. The van der Waals surface area contributed by atoms with E-state index in [0.29, 0.717) is 48.5 Å². The Bertz CT molecular complexity index is 1180. The van der Waals surface area contributed by atoms with Crippen LogP contribution in [0.3, 0.4) is 0 Å². The molecule has 2 radical (unpaired) electrons. The average Bonchev–Trinajstić information content (AvgIpc) is 3.81. The lowest BCUT2D eigenvalue weighted by atomic mass is 9.91. The smallest absolute Gasteiger partial charge is 0.223 e. The van der Waals surface area contributed by atoms with Crippen molar-refractivity contribution in [2.45, 2.75) is 135 Å². The average molecular weight is 634 g/mol. The van der Waals surface area contributed by atoms with Crippen LogP contribution in [0.1, 0.15) is 109 Å². The van der Waals surface area contributed by atoms with Crippen LogP contribution in [-0.4, -0.2) is 79.4 Å². The molecule has 7 aliphatic rings. The Morgan fingerprint density at radius 3 is 2.24 bits per heavy atom. The zero-order valence-electron chi connectivity index (χ0n) is 26.5. The van der Waals surface area contributed by atoms with Crippen LogP contribution in [-0.2, 0) is 22.4 Å². The van der Waals surface area contributed by atoms with Crippen molar-refractivity contribution in [2.24, 2.45) is 41.4 Å². The van der Waals surface area contributed by atoms with Gasteiger partial charge in [0.2, 0.25) is 11.8 Å². The van der Waals surface area contributed by atoms with Gasteiger partial charge in [0.25, 0.3) is 0 Å². The second-order valence-corrected chi connectivity index (χ2v) is 16.0. The second-order valence-electron chi connectivity index (χ2n) is 16.0. The molecule has 3 aliphatic heterocycles. The van der Waals surface area contributed by atoms with Crippen LogP contribution in [0.25, 0.3) is 0 Å². The summed E-state index contributed by atoms with van der Waals surface area (Å²) < 4.78 is 0. The van der Waals surface area contributed by atoms with Crippen molar-refractivity contribution in [3.63, 3.8) is 0 Å². The fraction of sp³-hybridized carbons (Fsp3) is 0.861. The van der Waals surface area contributed by atoms with Crippen LogP contribution in [0.15, 0.2) is 0 Å². The van der Waals surface area contributed by atoms with Crippen LogP contribution < -0.4 is 26.6 Å². The monoisotopic (exact) mass is 633 g/mol. The molecule has 0 bridgehead atoms. The Kier molecular flexibility index (Phi) is 10.3. The van der Waals surface area contributed by atoms with Gasteiger partial charge >= 0.3 is 0 Å². The highest BCUT2D eigenvalue weighted by Crippen LogP contribution is 2.45. The summed E-state index contributed by atoms with van der Waals surface area (Å²) in [7, 11) is 5.50. The van der Waals surface area contributed by atoms with Crippen molar-refractivity contribution in [1.82, 2.24) is 36.6 Å². The van der Waals surface area contributed by atoms with Crippen molar-refractivity contribution >= 4 is 19.7 Å². The number of carbonyl (C=O) groups excluding carboxylic acids is 2. The molecule has 9 nitrogen and oxygen atoms in total. The van der Waals surface area contributed by atoms with Crippen molar-refractivity contribution < 1.29 is 9.59 Å². The van der Waals surface area contributed by atoms with Crippen LogP contribution in [0.4, 0.5) is 0 Å². The van der Waals surface area contributed by atoms with Gasteiger partial charge in [-0.2, -0.15) is 0 Å². The Labute approximate surface area is 278 Å². The number of hydrogen-bond donors (Lipinski definition) is 6. The van der Waals surface area contributed by atoms with E-state index in [0.717, 1.165) is 68.6 Å². The molecule has 10 heteroatoms. The van der Waals surface area contributed by atoms with Gasteiger partial charge in [0.15, 0.2) is 0 Å². The molecule has 3 saturated carbocycles. The standard InChI is InChI=1S/C34H52BN7O2.2CH4/c1-17(15-37-33(43)23-7-20-9-25(39-27(20)13-23)5-18-4-19-2-3-36-26(19)6-18)32-41-30-11-22(12-31(30)42-32)28-10-21-8-24(14-29(21)40-28)34(44)38-16-35;;/h17-29,36,39-40H,2-16H2,1H3,(H,37,43)(H,38,44)(H,41,42);2*1H4/t17?,18-,19-,20+,21-,23+,24-,25-,26+,27+,28-,29-;;/m1../s1. The predicted octanol–water partition coefficient (Wildman–Crippen LogP) is 3.15. The molecule has 254 valence electrons. The SMILES string of the molecule is C.C.[B]CNC(=O)[C@@H]1C[C@@H]2C[C@H]([C@@H]3Cc4nc(C(C)CNC(=O)[C@H]5C[C@H]6C[C@@H](C[C@H]7C[C@H]8CCN[C@H]8C7)N[C@H]6C5)[nH]c4C3)N[C@@H]2C1. The largest absolute Gasteiger partial charge is 0.365 e. The summed E-state index contributed by atoms with van der Waals surface area (Å²) in [5.41, 5.74) is 2.49. The molecule has 1 unspecified atom stereocenters. The number of nitrogens with zero attached hydrogens (tertiary/aromatic N) is 1. The van der Waals surface area contributed by atoms with E-state index in [2.05, 4.69) is 38.5 Å². The van der Waals surface area contributed by atoms with E-state index in [1.165, 1.54) is 50.0 Å². The lowest BCUT2D eigenvalue weighted by Crippen LogP contribution is -2.37. The normalized spacial score (nSPS) is 39.6. The minimum Gasteiger partial charge on any atom is -0.365 e. The second kappa shape index (κ2) is 13.9. The zero-order valence-corrected chi connectivity index (χ0v) is 26.5. The number of amides is 2. The molecule has 0 aromatic carbocycles. The number of hydrogen-bond acceptors (Lipinski definition) is 6. The summed E-state index contributed by atoms with van der Waals surface area (Å²) in [6.45, 7) is 4.03. The summed E-state index contributed by atoms with van der Waals surface area (Å²) in [6, 6.07) is 2.93. The lowest BCUT2D eigenvalue weighted by molar-refractivity contribution is -0.125. The van der Waals surface area contributed by atoms with Gasteiger partial charge in [0, 0.05) is 60.2 Å². The molecule has 2 amide bonds. The van der Waals surface area contributed by atoms with Crippen molar-refractivity contribution in [2.75, 3.05) is 19.5 Å². The number of fused-ring (bicyclic) bond motifs is 4. The summed E-state index contributed by atoms with van der Waals surface area (Å²) in [4.78, 5) is 34.1. The van der Waals surface area contributed by atoms with Crippen molar-refractivity contribution in [1.29, 1.82) is 0 Å². The molecule has 13 atom stereocenters. The first-order valence-corrected chi connectivity index (χ1v) is 18.0. The summed E-state index contributed by atoms with van der Waals surface area (Å²) in [5, 5.41) is 17.6. The Balaban J connectivity index is 0.00000186. The maximum Gasteiger partial charge on any atom is 0.223 e. The number of aromatic amines is 1. The van der Waals surface area contributed by atoms with E-state index in [-0.39, 0.29) is 50.9 Å². The van der Waals surface area contributed by atoms with E-state index >= 15 is 0 Å². The van der Waals surface area contributed by atoms with Crippen molar-refractivity contribution in [3.8, 4) is 0 Å². The predicted molar refractivity (Wildman–Crippen MR) is 183 cm³/mol. The molecule has 8 rings (SSSR count). The van der Waals surface area contributed by atoms with Gasteiger partial charge in [-0.3, -0.25) is 9.59 Å². The maximum absolute atomic E-state index is 13.2. The van der Waals surface area contributed by atoms with E-state index < -0.39 is 0 Å². The van der Waals surface area contributed by atoms with Gasteiger partial charge in [-0.1, -0.05) is 21.8 Å². The summed E-state index contributed by atoms with van der Waals surface area (Å²) in [5.74, 6) is 5.42. The van der Waals surface area contributed by atoms with Crippen molar-refractivity contribution in [3.05, 3.63) is 17.2 Å². The number of aromatic nitrogens is 2. The molecule has 6 fully saturated rings. The molecule has 0 spiro atoms. The Morgan fingerprint density at radius 2 is 1.54 bits per heavy atom. The van der Waals surface area contributed by atoms with Gasteiger partial charge in [-0.05, 0) is 120 Å². The topological polar surface area (TPSA) is 123 Å². The molecule has 1 aromatic heterocycles. The molecular weight excluding hydrogens is 573 g/mol. The molecule has 3 saturated heterocycles. The number of imidazole rings is 1. The van der Waals surface area contributed by atoms with Gasteiger partial charge in [0.1, 0.15) is 5.82 Å². The third kappa shape index (κ3) is 6.56. The Hall–Kier alpha value is -1.91. The van der Waals surface area contributed by atoms with E-state index in [1.54, 1.807) is 0 Å². The highest BCUT2D eigenvalue weighted by Gasteiger charge is 2.47. The molecule has 4 aliphatic carbocycles. The minimum absolute atomic E-state index is 0. The fourth-order valence-corrected chi connectivity index (χ4v) is 11.0. The molecule has 46 heavy (non-hydrogen) atoms. The minimum atomic E-state index is 0. The first kappa shape index (κ1) is 34.0. The highest BCUT2D eigenvalue weighted by atomic mass is 16.2. The van der Waals surface area contributed by atoms with Crippen LogP contribution in [0.5, 0.6) is 0 Å². The zero-order chi connectivity index (χ0) is 29.9. The summed E-state index contributed by atoms with van der Waals surface area (Å²) >= 11 is 0. The fourth-order valence-electron chi connectivity index (χ4n) is 11.0.